The highest BCUT2D eigenvalue weighted by Gasteiger charge is 2.01. The van der Waals surface area contributed by atoms with Crippen molar-refractivity contribution >= 4 is 6.16 Å². The lowest BCUT2D eigenvalue weighted by Crippen LogP contribution is -2.10. The molecule has 0 saturated carbocycles. The Morgan fingerprint density at radius 3 is 2.64 bits per heavy atom. The number of ether oxygens (including phenoxy) is 2. The third-order valence-corrected chi connectivity index (χ3v) is 0.880. The normalized spacial score (nSPS) is 8.91. The number of rotatable bonds is 4. The Hall–Kier alpha value is -1.03. The molecule has 1 N–H and O–H groups in total. The molecule has 0 spiro atoms. The molecule has 0 fully saturated rings. The highest BCUT2D eigenvalue weighted by atomic mass is 16.7. The molecule has 0 amide bonds. The van der Waals surface area contributed by atoms with Crippen molar-refractivity contribution in [3.63, 3.8) is 0 Å². The molecule has 0 saturated heterocycles. The Labute approximate surface area is 65.4 Å². The zero-order valence-electron chi connectivity index (χ0n) is 6.50. The van der Waals surface area contributed by atoms with Gasteiger partial charge in [0.15, 0.2) is 0 Å². The predicted octanol–water partition coefficient (Wildman–Crippen LogP) is 0.708. The monoisotopic (exact) mass is 160 g/mol. The van der Waals surface area contributed by atoms with Gasteiger partial charge in [0, 0.05) is 0 Å². The molecule has 0 aromatic rings. The first-order chi connectivity index (χ1) is 5.20. The lowest BCUT2D eigenvalue weighted by Gasteiger charge is -2.03. The average molecular weight is 160 g/mol. The highest BCUT2D eigenvalue weighted by Crippen LogP contribution is 1.91. The Morgan fingerprint density at radius 1 is 1.55 bits per heavy atom. The largest absolute Gasteiger partial charge is 0.508 e. The van der Waals surface area contributed by atoms with Crippen LogP contribution in [-0.2, 0) is 9.47 Å². The van der Waals surface area contributed by atoms with E-state index < -0.39 is 6.16 Å². The second kappa shape index (κ2) is 5.73. The minimum atomic E-state index is -0.734. The molecule has 64 valence electrons. The fraction of sp³-hybridized carbons (Fsp3) is 0.571. The van der Waals surface area contributed by atoms with Crippen molar-refractivity contribution in [1.82, 2.24) is 0 Å². The van der Waals surface area contributed by atoms with E-state index in [0.717, 1.165) is 0 Å². The van der Waals surface area contributed by atoms with Crippen molar-refractivity contribution in [3.8, 4) is 0 Å². The molecule has 0 heterocycles. The molecule has 0 aromatic heterocycles. The standard InChI is InChI=1S/C7H12O4/c1-3-10-7(9)11-5-6(2)4-8/h8H,2-5H2,1H3. The highest BCUT2D eigenvalue weighted by molar-refractivity contribution is 5.59. The minimum Gasteiger partial charge on any atom is -0.435 e. The van der Waals surface area contributed by atoms with Gasteiger partial charge in [0.25, 0.3) is 0 Å². The van der Waals surface area contributed by atoms with Gasteiger partial charge in [-0.05, 0) is 12.5 Å². The van der Waals surface area contributed by atoms with E-state index in [2.05, 4.69) is 16.1 Å². The van der Waals surface area contributed by atoms with Gasteiger partial charge < -0.3 is 14.6 Å². The molecule has 0 aliphatic carbocycles. The van der Waals surface area contributed by atoms with Crippen LogP contribution in [0.3, 0.4) is 0 Å². The summed E-state index contributed by atoms with van der Waals surface area (Å²) < 4.78 is 8.97. The van der Waals surface area contributed by atoms with Gasteiger partial charge in [-0.1, -0.05) is 6.58 Å². The summed E-state index contributed by atoms with van der Waals surface area (Å²) in [6.07, 6.45) is -0.734. The molecule has 0 bridgehead atoms. The molecule has 0 aliphatic rings. The Kier molecular flexibility index (Phi) is 5.20. The van der Waals surface area contributed by atoms with Crippen LogP contribution in [0.1, 0.15) is 6.92 Å². The van der Waals surface area contributed by atoms with Crippen molar-refractivity contribution in [2.45, 2.75) is 6.92 Å². The fourth-order valence-electron chi connectivity index (χ4n) is 0.366. The second-order valence-corrected chi connectivity index (χ2v) is 1.88. The zero-order valence-corrected chi connectivity index (χ0v) is 6.50. The maximum Gasteiger partial charge on any atom is 0.508 e. The topological polar surface area (TPSA) is 55.8 Å². The summed E-state index contributed by atoms with van der Waals surface area (Å²) >= 11 is 0. The van der Waals surface area contributed by atoms with E-state index >= 15 is 0 Å². The van der Waals surface area contributed by atoms with Crippen LogP contribution in [-0.4, -0.2) is 31.1 Å². The van der Waals surface area contributed by atoms with Crippen LogP contribution in [0.5, 0.6) is 0 Å². The third kappa shape index (κ3) is 5.42. The zero-order chi connectivity index (χ0) is 8.69. The van der Waals surface area contributed by atoms with Gasteiger partial charge in [-0.2, -0.15) is 0 Å². The number of carbonyl (C=O) groups excluding carboxylic acids is 1. The summed E-state index contributed by atoms with van der Waals surface area (Å²) in [7, 11) is 0. The lowest BCUT2D eigenvalue weighted by molar-refractivity contribution is 0.0640. The average Bonchev–Trinajstić information content (AvgIpc) is 2.01. The summed E-state index contributed by atoms with van der Waals surface area (Å²) in [5, 5.41) is 8.45. The molecule has 0 rings (SSSR count). The first kappa shape index (κ1) is 9.97. The molecule has 0 aliphatic heterocycles. The van der Waals surface area contributed by atoms with Gasteiger partial charge >= 0.3 is 6.16 Å². The lowest BCUT2D eigenvalue weighted by atomic mass is 10.4. The number of aliphatic hydroxyl groups is 1. The minimum absolute atomic E-state index is 0.00926. The molecule has 4 heteroatoms. The van der Waals surface area contributed by atoms with Crippen LogP contribution in [0.15, 0.2) is 12.2 Å². The van der Waals surface area contributed by atoms with Crippen LogP contribution in [0.2, 0.25) is 0 Å². The Morgan fingerprint density at radius 2 is 2.18 bits per heavy atom. The summed E-state index contributed by atoms with van der Waals surface area (Å²) in [4.78, 5) is 10.5. The van der Waals surface area contributed by atoms with E-state index in [1.54, 1.807) is 6.92 Å². The van der Waals surface area contributed by atoms with Gasteiger partial charge in [0.1, 0.15) is 6.61 Å². The molecule has 0 aromatic carbocycles. The number of hydrogen-bond acceptors (Lipinski definition) is 4. The van der Waals surface area contributed by atoms with E-state index in [-0.39, 0.29) is 19.8 Å². The van der Waals surface area contributed by atoms with Gasteiger partial charge in [-0.25, -0.2) is 4.79 Å². The molecular formula is C7H12O4. The summed E-state index contributed by atoms with van der Waals surface area (Å²) in [6, 6.07) is 0. The SMILES string of the molecule is C=C(CO)COC(=O)OCC. The van der Waals surface area contributed by atoms with E-state index in [4.69, 9.17) is 5.11 Å². The van der Waals surface area contributed by atoms with Crippen molar-refractivity contribution < 1.29 is 19.4 Å². The van der Waals surface area contributed by atoms with E-state index in [1.165, 1.54) is 0 Å². The fourth-order valence-corrected chi connectivity index (χ4v) is 0.366. The smallest absolute Gasteiger partial charge is 0.435 e. The van der Waals surface area contributed by atoms with Crippen LogP contribution >= 0.6 is 0 Å². The third-order valence-electron chi connectivity index (χ3n) is 0.880. The number of carbonyl (C=O) groups is 1. The maximum atomic E-state index is 10.5. The first-order valence-electron chi connectivity index (χ1n) is 3.27. The van der Waals surface area contributed by atoms with Crippen molar-refractivity contribution in [2.75, 3.05) is 19.8 Å². The maximum absolute atomic E-state index is 10.5. The van der Waals surface area contributed by atoms with Crippen molar-refractivity contribution in [3.05, 3.63) is 12.2 Å². The Bertz CT molecular complexity index is 141. The van der Waals surface area contributed by atoms with E-state index in [9.17, 15) is 4.79 Å². The summed E-state index contributed by atoms with van der Waals surface area (Å²) in [6.45, 7) is 5.22. The van der Waals surface area contributed by atoms with Gasteiger partial charge in [-0.15, -0.1) is 0 Å². The summed E-state index contributed by atoms with van der Waals surface area (Å²) in [5.41, 5.74) is 0.443. The van der Waals surface area contributed by atoms with E-state index in [1.807, 2.05) is 0 Å². The second-order valence-electron chi connectivity index (χ2n) is 1.88. The molecule has 11 heavy (non-hydrogen) atoms. The van der Waals surface area contributed by atoms with Gasteiger partial charge in [0.05, 0.1) is 13.2 Å². The van der Waals surface area contributed by atoms with E-state index in [0.29, 0.717) is 5.57 Å². The van der Waals surface area contributed by atoms with Crippen LogP contribution < -0.4 is 0 Å². The van der Waals surface area contributed by atoms with Crippen molar-refractivity contribution in [1.29, 1.82) is 0 Å². The number of aliphatic hydroxyl groups excluding tert-OH is 1. The first-order valence-corrected chi connectivity index (χ1v) is 3.27. The quantitative estimate of drug-likeness (QED) is 0.486. The molecule has 4 nitrogen and oxygen atoms in total. The van der Waals surface area contributed by atoms with Crippen LogP contribution in [0.25, 0.3) is 0 Å². The predicted molar refractivity (Wildman–Crippen MR) is 39.2 cm³/mol. The van der Waals surface area contributed by atoms with Crippen LogP contribution in [0, 0.1) is 0 Å². The van der Waals surface area contributed by atoms with Crippen LogP contribution in [0.4, 0.5) is 4.79 Å². The van der Waals surface area contributed by atoms with Gasteiger partial charge in [-0.3, -0.25) is 0 Å². The molecular weight excluding hydrogens is 148 g/mol. The summed E-state index contributed by atoms with van der Waals surface area (Å²) in [5.74, 6) is 0. The Balaban J connectivity index is 3.38. The molecule has 0 atom stereocenters. The molecule has 0 radical (unpaired) electrons. The number of hydrogen-bond donors (Lipinski definition) is 1. The van der Waals surface area contributed by atoms with Crippen molar-refractivity contribution in [2.24, 2.45) is 0 Å². The molecule has 0 unspecified atom stereocenters. The van der Waals surface area contributed by atoms with Gasteiger partial charge in [0.2, 0.25) is 0 Å².